The van der Waals surface area contributed by atoms with Crippen LogP contribution >= 0.6 is 0 Å². The molecule has 0 spiro atoms. The van der Waals surface area contributed by atoms with Gasteiger partial charge >= 0.3 is 0 Å². The molecule has 2 aromatic carbocycles. The summed E-state index contributed by atoms with van der Waals surface area (Å²) >= 11 is 0. The molecular formula is C24H29N. The molecule has 0 unspecified atom stereocenters. The lowest BCUT2D eigenvalue weighted by Crippen LogP contribution is -2.10. The van der Waals surface area contributed by atoms with E-state index in [-0.39, 0.29) is 10.8 Å². The molecule has 1 heterocycles. The SMILES string of the molecule is CC(C)(C)c1ccc(-c2cc[nH]c2-c2ccc(C(C)(C)C)cc2)cc1. The van der Waals surface area contributed by atoms with Crippen molar-refractivity contribution in [3.05, 3.63) is 71.9 Å². The summed E-state index contributed by atoms with van der Waals surface area (Å²) in [6, 6.07) is 20.0. The van der Waals surface area contributed by atoms with Crippen LogP contribution in [0.4, 0.5) is 0 Å². The molecule has 0 bridgehead atoms. The van der Waals surface area contributed by atoms with Gasteiger partial charge in [-0.1, -0.05) is 90.1 Å². The average Bonchev–Trinajstić information content (AvgIpc) is 3.03. The van der Waals surface area contributed by atoms with Gasteiger partial charge in [-0.3, -0.25) is 0 Å². The minimum absolute atomic E-state index is 0.180. The number of aromatic amines is 1. The molecule has 3 aromatic rings. The number of H-pyrrole nitrogens is 1. The first-order chi connectivity index (χ1) is 11.7. The Kier molecular flexibility index (Phi) is 4.36. The van der Waals surface area contributed by atoms with Gasteiger partial charge in [0.2, 0.25) is 0 Å². The van der Waals surface area contributed by atoms with Crippen molar-refractivity contribution in [1.29, 1.82) is 0 Å². The van der Waals surface area contributed by atoms with Crippen molar-refractivity contribution in [2.75, 3.05) is 0 Å². The lowest BCUT2D eigenvalue weighted by Gasteiger charge is -2.20. The number of hydrogen-bond donors (Lipinski definition) is 1. The van der Waals surface area contributed by atoms with Crippen LogP contribution in [0.15, 0.2) is 60.8 Å². The second kappa shape index (κ2) is 6.22. The van der Waals surface area contributed by atoms with E-state index in [4.69, 9.17) is 0 Å². The molecule has 1 N–H and O–H groups in total. The van der Waals surface area contributed by atoms with E-state index in [9.17, 15) is 0 Å². The molecule has 25 heavy (non-hydrogen) atoms. The van der Waals surface area contributed by atoms with Crippen LogP contribution in [0.2, 0.25) is 0 Å². The van der Waals surface area contributed by atoms with Crippen LogP contribution in [0.3, 0.4) is 0 Å². The van der Waals surface area contributed by atoms with Crippen LogP contribution in [-0.4, -0.2) is 4.98 Å². The Morgan fingerprint density at radius 2 is 1.00 bits per heavy atom. The van der Waals surface area contributed by atoms with Crippen LogP contribution in [0.25, 0.3) is 22.4 Å². The third-order valence-corrected chi connectivity index (χ3v) is 4.85. The molecule has 0 aliphatic carbocycles. The monoisotopic (exact) mass is 331 g/mol. The predicted molar refractivity (Wildman–Crippen MR) is 109 cm³/mol. The van der Waals surface area contributed by atoms with E-state index in [1.165, 1.54) is 33.5 Å². The fourth-order valence-electron chi connectivity index (χ4n) is 3.14. The fourth-order valence-corrected chi connectivity index (χ4v) is 3.14. The predicted octanol–water partition coefficient (Wildman–Crippen LogP) is 6.94. The van der Waals surface area contributed by atoms with Crippen LogP contribution in [-0.2, 0) is 10.8 Å². The molecule has 0 saturated carbocycles. The van der Waals surface area contributed by atoms with Gasteiger partial charge in [0.25, 0.3) is 0 Å². The summed E-state index contributed by atoms with van der Waals surface area (Å²) in [5, 5.41) is 0. The van der Waals surface area contributed by atoms with Gasteiger partial charge in [0, 0.05) is 11.8 Å². The highest BCUT2D eigenvalue weighted by Crippen LogP contribution is 2.33. The molecule has 0 aliphatic rings. The van der Waals surface area contributed by atoms with Crippen molar-refractivity contribution in [3.8, 4) is 22.4 Å². The van der Waals surface area contributed by atoms with Crippen molar-refractivity contribution < 1.29 is 0 Å². The normalized spacial score (nSPS) is 12.4. The Balaban J connectivity index is 1.96. The second-order valence-electron chi connectivity index (χ2n) is 8.92. The quantitative estimate of drug-likeness (QED) is 0.523. The van der Waals surface area contributed by atoms with E-state index in [0.29, 0.717) is 0 Å². The second-order valence-corrected chi connectivity index (χ2v) is 8.92. The molecule has 1 aromatic heterocycles. The zero-order valence-corrected chi connectivity index (χ0v) is 16.3. The first-order valence-corrected chi connectivity index (χ1v) is 9.05. The molecule has 0 saturated heterocycles. The standard InChI is InChI=1S/C24H29N/c1-23(2,3)19-11-7-17(8-12-19)21-15-16-25-22(21)18-9-13-20(14-10-18)24(4,5)6/h7-16,25H,1-6H3. The molecule has 0 amide bonds. The van der Waals surface area contributed by atoms with E-state index in [1.54, 1.807) is 0 Å². The van der Waals surface area contributed by atoms with Crippen molar-refractivity contribution in [3.63, 3.8) is 0 Å². The van der Waals surface area contributed by atoms with Gasteiger partial charge in [-0.25, -0.2) is 0 Å². The molecule has 0 fully saturated rings. The van der Waals surface area contributed by atoms with Gasteiger partial charge in [0.05, 0.1) is 5.69 Å². The number of hydrogen-bond acceptors (Lipinski definition) is 0. The molecule has 130 valence electrons. The Labute approximate surface area is 152 Å². The minimum atomic E-state index is 0.180. The van der Waals surface area contributed by atoms with Crippen molar-refractivity contribution in [2.24, 2.45) is 0 Å². The number of aromatic nitrogens is 1. The molecule has 0 atom stereocenters. The van der Waals surface area contributed by atoms with Gasteiger partial charge < -0.3 is 4.98 Å². The molecule has 0 radical (unpaired) electrons. The largest absolute Gasteiger partial charge is 0.361 e. The summed E-state index contributed by atoms with van der Waals surface area (Å²) in [6.45, 7) is 13.5. The van der Waals surface area contributed by atoms with Crippen molar-refractivity contribution in [1.82, 2.24) is 4.98 Å². The summed E-state index contributed by atoms with van der Waals surface area (Å²) in [4.78, 5) is 3.42. The van der Waals surface area contributed by atoms with Crippen LogP contribution in [0.1, 0.15) is 52.7 Å². The van der Waals surface area contributed by atoms with Gasteiger partial charge in [-0.05, 0) is 39.2 Å². The maximum absolute atomic E-state index is 3.42. The minimum Gasteiger partial charge on any atom is -0.361 e. The Morgan fingerprint density at radius 3 is 1.44 bits per heavy atom. The number of nitrogens with one attached hydrogen (secondary N) is 1. The van der Waals surface area contributed by atoms with Crippen LogP contribution in [0, 0.1) is 0 Å². The lowest BCUT2D eigenvalue weighted by molar-refractivity contribution is 0.590. The first kappa shape index (κ1) is 17.5. The molecule has 1 heteroatoms. The molecule has 3 rings (SSSR count). The topological polar surface area (TPSA) is 15.8 Å². The highest BCUT2D eigenvalue weighted by Gasteiger charge is 2.16. The summed E-state index contributed by atoms with van der Waals surface area (Å²) in [7, 11) is 0. The summed E-state index contributed by atoms with van der Waals surface area (Å²) in [5.41, 5.74) is 8.01. The highest BCUT2D eigenvalue weighted by atomic mass is 14.7. The molecule has 1 nitrogen and oxygen atoms in total. The Hall–Kier alpha value is -2.28. The number of benzene rings is 2. The maximum Gasteiger partial charge on any atom is 0.0533 e. The molecular weight excluding hydrogens is 302 g/mol. The zero-order valence-electron chi connectivity index (χ0n) is 16.3. The summed E-state index contributed by atoms with van der Waals surface area (Å²) in [6.07, 6.45) is 2.03. The van der Waals surface area contributed by atoms with Crippen molar-refractivity contribution in [2.45, 2.75) is 52.4 Å². The van der Waals surface area contributed by atoms with E-state index in [1.807, 2.05) is 6.20 Å². The van der Waals surface area contributed by atoms with E-state index >= 15 is 0 Å². The summed E-state index contributed by atoms with van der Waals surface area (Å²) in [5.74, 6) is 0. The third kappa shape index (κ3) is 3.71. The highest BCUT2D eigenvalue weighted by molar-refractivity contribution is 5.81. The van der Waals surface area contributed by atoms with Crippen LogP contribution < -0.4 is 0 Å². The maximum atomic E-state index is 3.42. The van der Waals surface area contributed by atoms with Crippen molar-refractivity contribution >= 4 is 0 Å². The zero-order chi connectivity index (χ0) is 18.2. The van der Waals surface area contributed by atoms with Crippen LogP contribution in [0.5, 0.6) is 0 Å². The first-order valence-electron chi connectivity index (χ1n) is 9.05. The van der Waals surface area contributed by atoms with Gasteiger partial charge in [0.1, 0.15) is 0 Å². The lowest BCUT2D eigenvalue weighted by atomic mass is 9.85. The van der Waals surface area contributed by atoms with E-state index in [2.05, 4.69) is 101 Å². The van der Waals surface area contributed by atoms with E-state index in [0.717, 1.165) is 0 Å². The smallest absolute Gasteiger partial charge is 0.0533 e. The van der Waals surface area contributed by atoms with Gasteiger partial charge in [-0.2, -0.15) is 0 Å². The van der Waals surface area contributed by atoms with E-state index < -0.39 is 0 Å². The fraction of sp³-hybridized carbons (Fsp3) is 0.333. The number of rotatable bonds is 2. The Morgan fingerprint density at radius 1 is 0.560 bits per heavy atom. The Bertz CT molecular complexity index is 763. The van der Waals surface area contributed by atoms with Gasteiger partial charge in [0.15, 0.2) is 0 Å². The van der Waals surface area contributed by atoms with Gasteiger partial charge in [-0.15, -0.1) is 0 Å². The molecule has 0 aliphatic heterocycles. The summed E-state index contributed by atoms with van der Waals surface area (Å²) < 4.78 is 0. The third-order valence-electron chi connectivity index (χ3n) is 4.85. The average molecular weight is 332 g/mol.